The molecule has 0 aliphatic carbocycles. The van der Waals surface area contributed by atoms with Crippen LogP contribution in [-0.2, 0) is 27.9 Å². The highest BCUT2D eigenvalue weighted by Gasteiger charge is 2.27. The number of nitrogens with zero attached hydrogens (tertiary/aromatic N) is 1. The number of allylic oxidation sites excluding steroid dienone is 5. The number of ether oxygens (including phenoxy) is 1. The lowest BCUT2D eigenvalue weighted by atomic mass is 10.0. The van der Waals surface area contributed by atoms with Gasteiger partial charge in [-0.25, -0.2) is 0 Å². The first-order valence-corrected chi connectivity index (χ1v) is 35.3. The van der Waals surface area contributed by atoms with E-state index in [4.69, 9.17) is 13.8 Å². The monoisotopic (exact) mass is 1120 g/mol. The fourth-order valence-corrected chi connectivity index (χ4v) is 10.8. The van der Waals surface area contributed by atoms with E-state index in [0.717, 1.165) is 64.2 Å². The molecule has 0 radical (unpaired) electrons. The van der Waals surface area contributed by atoms with Crippen molar-refractivity contribution in [1.29, 1.82) is 0 Å². The molecular weight excluding hydrogens is 988 g/mol. The molecule has 10 heteroatoms. The Labute approximate surface area is 485 Å². The van der Waals surface area contributed by atoms with Crippen LogP contribution in [-0.4, -0.2) is 69.4 Å². The number of carbonyl (C=O) groups excluding carboxylic acids is 2. The molecular formula is C68H131N2O7P. The summed E-state index contributed by atoms with van der Waals surface area (Å²) >= 11 is 0. The van der Waals surface area contributed by atoms with E-state index in [-0.39, 0.29) is 31.5 Å². The van der Waals surface area contributed by atoms with Crippen molar-refractivity contribution in [3.05, 3.63) is 36.5 Å². The second kappa shape index (κ2) is 58.4. The van der Waals surface area contributed by atoms with Gasteiger partial charge in [-0.3, -0.25) is 14.2 Å². The molecule has 0 aliphatic heterocycles. The molecule has 3 atom stereocenters. The molecule has 9 nitrogen and oxygen atoms in total. The third-order valence-corrected chi connectivity index (χ3v) is 16.3. The molecule has 1 amide bonds. The standard InChI is InChI=1S/C68H131N2O7P/c1-7-10-13-16-19-22-25-28-30-31-32-33-34-35-36-37-38-39-40-42-45-48-51-54-57-60-67(71)69-65(64-76-78(73,74)75-63-62-70(4,5)6)66(59-56-53-50-47-44-41-27-24-21-18-15-12-9-3)77-68(72)61-58-55-52-49-46-43-29-26-23-20-17-14-11-8-2/h28,30,43,46,56,59,65-66H,7-27,29,31-42,44-45,47-55,57-58,60-64H2,1-6H3,(H-,69,71,73,74)/b30-28+,46-43-,59-56-. The molecule has 1 N–H and O–H groups in total. The van der Waals surface area contributed by atoms with Gasteiger partial charge in [-0.15, -0.1) is 0 Å². The zero-order valence-corrected chi connectivity index (χ0v) is 53.5. The predicted molar refractivity (Wildman–Crippen MR) is 335 cm³/mol. The number of hydrogen-bond donors (Lipinski definition) is 1. The zero-order valence-electron chi connectivity index (χ0n) is 52.6. The van der Waals surface area contributed by atoms with Gasteiger partial charge in [0.1, 0.15) is 19.3 Å². The van der Waals surface area contributed by atoms with Gasteiger partial charge in [0.2, 0.25) is 5.91 Å². The maximum atomic E-state index is 13.6. The fraction of sp³-hybridized carbons (Fsp3) is 0.882. The number of hydrogen-bond acceptors (Lipinski definition) is 7. The van der Waals surface area contributed by atoms with E-state index < -0.39 is 20.0 Å². The van der Waals surface area contributed by atoms with Gasteiger partial charge in [0.05, 0.1) is 33.8 Å². The molecule has 0 aromatic carbocycles. The zero-order chi connectivity index (χ0) is 57.2. The summed E-state index contributed by atoms with van der Waals surface area (Å²) in [6.45, 7) is 6.87. The Balaban J connectivity index is 5.08. The Hall–Kier alpha value is -1.77. The van der Waals surface area contributed by atoms with Crippen LogP contribution in [0.25, 0.3) is 0 Å². The molecule has 0 rings (SSSR count). The highest BCUT2D eigenvalue weighted by molar-refractivity contribution is 7.45. The van der Waals surface area contributed by atoms with E-state index in [1.54, 1.807) is 0 Å². The number of quaternary nitrogens is 1. The minimum absolute atomic E-state index is 0.0221. The lowest BCUT2D eigenvalue weighted by molar-refractivity contribution is -0.870. The second-order valence-electron chi connectivity index (χ2n) is 24.3. The third kappa shape index (κ3) is 58.9. The normalized spacial score (nSPS) is 13.8. The molecule has 0 aromatic rings. The van der Waals surface area contributed by atoms with Gasteiger partial charge in [-0.2, -0.15) is 0 Å². The Morgan fingerprint density at radius 3 is 1.10 bits per heavy atom. The molecule has 0 saturated heterocycles. The molecule has 0 aliphatic rings. The van der Waals surface area contributed by atoms with Crippen molar-refractivity contribution in [1.82, 2.24) is 5.32 Å². The Kier molecular flexibility index (Phi) is 57.1. The average molecular weight is 1120 g/mol. The van der Waals surface area contributed by atoms with Crippen molar-refractivity contribution in [3.63, 3.8) is 0 Å². The Bertz CT molecular complexity index is 1430. The van der Waals surface area contributed by atoms with Crippen LogP contribution in [0.2, 0.25) is 0 Å². The SMILES string of the molecule is CCCCCCCC/C=C/CCCCCCCCCCCCCCCCCC(=O)NC(COP(=O)([O-])OCC[N+](C)(C)C)C(/C=C\CCCCCCCCCCCCC)OC(=O)CCCCC/C=C\CCCCCCCCC. The highest BCUT2D eigenvalue weighted by atomic mass is 31.2. The number of likely N-dealkylation sites (N-methyl/N-ethyl adjacent to an activating group) is 1. The first kappa shape index (κ1) is 76.2. The summed E-state index contributed by atoms with van der Waals surface area (Å²) in [6, 6.07) is -0.891. The van der Waals surface area contributed by atoms with Crippen LogP contribution >= 0.6 is 7.82 Å². The molecule has 0 bridgehead atoms. The van der Waals surface area contributed by atoms with Crippen LogP contribution in [0, 0.1) is 0 Å². The van der Waals surface area contributed by atoms with Crippen molar-refractivity contribution < 1.29 is 37.3 Å². The number of rotatable bonds is 62. The summed E-state index contributed by atoms with van der Waals surface area (Å²) < 4.78 is 30.4. The van der Waals surface area contributed by atoms with Gasteiger partial charge < -0.3 is 28.5 Å². The van der Waals surface area contributed by atoms with E-state index >= 15 is 0 Å². The summed E-state index contributed by atoms with van der Waals surface area (Å²) in [4.78, 5) is 40.1. The summed E-state index contributed by atoms with van der Waals surface area (Å²) in [5.41, 5.74) is 0. The van der Waals surface area contributed by atoms with Crippen LogP contribution in [0.4, 0.5) is 0 Å². The number of esters is 1. The van der Waals surface area contributed by atoms with E-state index in [1.807, 2.05) is 33.3 Å². The van der Waals surface area contributed by atoms with Crippen molar-refractivity contribution in [2.75, 3.05) is 40.9 Å². The maximum absolute atomic E-state index is 13.6. The Morgan fingerprint density at radius 2 is 0.744 bits per heavy atom. The first-order valence-electron chi connectivity index (χ1n) is 33.8. The summed E-state index contributed by atoms with van der Waals surface area (Å²) in [7, 11) is 1.19. The molecule has 0 spiro atoms. The number of amides is 1. The molecule has 3 unspecified atom stereocenters. The summed E-state index contributed by atoms with van der Waals surface area (Å²) in [5, 5.41) is 3.04. The summed E-state index contributed by atoms with van der Waals surface area (Å²) in [5.74, 6) is -0.544. The minimum Gasteiger partial charge on any atom is -0.756 e. The van der Waals surface area contributed by atoms with Gasteiger partial charge in [-0.1, -0.05) is 276 Å². The Morgan fingerprint density at radius 1 is 0.436 bits per heavy atom. The van der Waals surface area contributed by atoms with Gasteiger partial charge in [0.15, 0.2) is 0 Å². The molecule has 0 heterocycles. The maximum Gasteiger partial charge on any atom is 0.306 e. The van der Waals surface area contributed by atoms with E-state index in [2.05, 4.69) is 50.4 Å². The fourth-order valence-electron chi connectivity index (χ4n) is 10.0. The van der Waals surface area contributed by atoms with Crippen LogP contribution in [0.15, 0.2) is 36.5 Å². The van der Waals surface area contributed by atoms with E-state index in [9.17, 15) is 19.0 Å². The highest BCUT2D eigenvalue weighted by Crippen LogP contribution is 2.38. The van der Waals surface area contributed by atoms with Gasteiger partial charge in [0, 0.05) is 12.8 Å². The number of nitrogens with one attached hydrogen (secondary N) is 1. The van der Waals surface area contributed by atoms with Crippen molar-refractivity contribution in [2.24, 2.45) is 0 Å². The smallest absolute Gasteiger partial charge is 0.306 e. The first-order chi connectivity index (χ1) is 37.9. The minimum atomic E-state index is -4.70. The number of unbranched alkanes of at least 4 members (excludes halogenated alkanes) is 42. The van der Waals surface area contributed by atoms with Crippen LogP contribution in [0.3, 0.4) is 0 Å². The third-order valence-electron chi connectivity index (χ3n) is 15.3. The number of carbonyl (C=O) groups is 2. The topological polar surface area (TPSA) is 114 Å². The van der Waals surface area contributed by atoms with Crippen molar-refractivity contribution in [3.8, 4) is 0 Å². The lowest BCUT2D eigenvalue weighted by Gasteiger charge is -2.30. The van der Waals surface area contributed by atoms with Gasteiger partial charge >= 0.3 is 5.97 Å². The second-order valence-corrected chi connectivity index (χ2v) is 25.7. The van der Waals surface area contributed by atoms with Crippen LogP contribution in [0.5, 0.6) is 0 Å². The lowest BCUT2D eigenvalue weighted by Crippen LogP contribution is -2.47. The molecule has 460 valence electrons. The quantitative estimate of drug-likeness (QED) is 0.0212. The number of phosphoric acid groups is 1. The molecule has 0 aromatic heterocycles. The van der Waals surface area contributed by atoms with Crippen molar-refractivity contribution >= 4 is 19.7 Å². The average Bonchev–Trinajstić information content (AvgIpc) is 3.40. The molecule has 0 saturated carbocycles. The largest absolute Gasteiger partial charge is 0.756 e. The van der Waals surface area contributed by atoms with Crippen molar-refractivity contribution in [2.45, 2.75) is 348 Å². The van der Waals surface area contributed by atoms with E-state index in [0.29, 0.717) is 23.9 Å². The van der Waals surface area contributed by atoms with Crippen LogP contribution < -0.4 is 10.2 Å². The molecule has 78 heavy (non-hydrogen) atoms. The van der Waals surface area contributed by atoms with Gasteiger partial charge in [-0.05, 0) is 83.1 Å². The van der Waals surface area contributed by atoms with Crippen LogP contribution in [0.1, 0.15) is 335 Å². The van der Waals surface area contributed by atoms with Gasteiger partial charge in [0.25, 0.3) is 7.82 Å². The molecule has 0 fully saturated rings. The number of phosphoric ester groups is 1. The van der Waals surface area contributed by atoms with E-state index in [1.165, 1.54) is 231 Å². The summed E-state index contributed by atoms with van der Waals surface area (Å²) in [6.07, 6.45) is 71.2. The predicted octanol–water partition coefficient (Wildman–Crippen LogP) is 20.4.